The number of ether oxygens (including phenoxy) is 2. The van der Waals surface area contributed by atoms with Crippen LogP contribution in [-0.4, -0.2) is 51.1 Å². The van der Waals surface area contributed by atoms with Crippen molar-refractivity contribution in [2.24, 2.45) is 0 Å². The topological polar surface area (TPSA) is 111 Å². The molecule has 0 heterocycles. The summed E-state index contributed by atoms with van der Waals surface area (Å²) in [6.45, 7) is 5.36. The van der Waals surface area contributed by atoms with E-state index < -0.39 is 11.9 Å². The number of esters is 2. The van der Waals surface area contributed by atoms with Crippen LogP contribution in [0.5, 0.6) is 0 Å². The highest BCUT2D eigenvalue weighted by atomic mass is 16.5. The Bertz CT molecular complexity index is 442. The molecule has 0 aromatic heterocycles. The van der Waals surface area contributed by atoms with Crippen LogP contribution in [0.4, 0.5) is 0 Å². The molecule has 2 N–H and O–H groups in total. The number of hydrogen-bond donors (Lipinski definition) is 2. The highest BCUT2D eigenvalue weighted by Gasteiger charge is 1.97. The largest absolute Gasteiger partial charge is 0.466 e. The van der Waals surface area contributed by atoms with Gasteiger partial charge < -0.3 is 20.1 Å². The van der Waals surface area contributed by atoms with Crippen molar-refractivity contribution in [3.8, 4) is 0 Å². The first kappa shape index (κ1) is 25.6. The minimum absolute atomic E-state index is 0.265. The van der Waals surface area contributed by atoms with Crippen molar-refractivity contribution in [2.45, 2.75) is 39.5 Å². The summed E-state index contributed by atoms with van der Waals surface area (Å²) in [5.74, 6) is -1.58. The van der Waals surface area contributed by atoms with Gasteiger partial charge in [-0.25, -0.2) is 9.59 Å². The molecular weight excluding hydrogens is 340 g/mol. The molecule has 148 valence electrons. The Morgan fingerprint density at radius 3 is 1.31 bits per heavy atom. The Kier molecular flexibility index (Phi) is 18.4. The van der Waals surface area contributed by atoms with E-state index in [-0.39, 0.29) is 11.8 Å². The van der Waals surface area contributed by atoms with E-state index in [1.165, 1.54) is 26.4 Å². The van der Waals surface area contributed by atoms with Gasteiger partial charge in [-0.2, -0.15) is 0 Å². The van der Waals surface area contributed by atoms with Crippen LogP contribution in [-0.2, 0) is 28.7 Å². The van der Waals surface area contributed by atoms with Gasteiger partial charge in [-0.05, 0) is 12.8 Å². The summed E-state index contributed by atoms with van der Waals surface area (Å²) in [6, 6.07) is 0. The lowest BCUT2D eigenvalue weighted by Gasteiger charge is -1.98. The Labute approximate surface area is 155 Å². The molecule has 0 aromatic carbocycles. The quantitative estimate of drug-likeness (QED) is 0.340. The molecule has 8 nitrogen and oxygen atoms in total. The molecule has 0 atom stereocenters. The third-order valence-corrected chi connectivity index (χ3v) is 2.80. The van der Waals surface area contributed by atoms with Crippen molar-refractivity contribution in [2.75, 3.05) is 27.3 Å². The van der Waals surface area contributed by atoms with Crippen LogP contribution >= 0.6 is 0 Å². The van der Waals surface area contributed by atoms with Crippen LogP contribution in [0.2, 0.25) is 0 Å². The minimum Gasteiger partial charge on any atom is -0.466 e. The normalized spacial score (nSPS) is 10.0. The molecule has 0 fully saturated rings. The van der Waals surface area contributed by atoms with Gasteiger partial charge >= 0.3 is 11.9 Å². The first-order valence-electron chi connectivity index (χ1n) is 8.48. The molecular formula is C18H30N2O6. The van der Waals surface area contributed by atoms with Gasteiger partial charge in [0, 0.05) is 37.4 Å². The molecule has 0 saturated carbocycles. The lowest BCUT2D eigenvalue weighted by atomic mass is 10.3. The van der Waals surface area contributed by atoms with Gasteiger partial charge in [0.1, 0.15) is 0 Å². The van der Waals surface area contributed by atoms with E-state index in [1.54, 1.807) is 0 Å². The van der Waals surface area contributed by atoms with Crippen molar-refractivity contribution in [1.29, 1.82) is 0 Å². The molecule has 0 aliphatic carbocycles. The van der Waals surface area contributed by atoms with E-state index in [0.29, 0.717) is 13.1 Å². The summed E-state index contributed by atoms with van der Waals surface area (Å²) < 4.78 is 8.64. The van der Waals surface area contributed by atoms with Crippen LogP contribution in [0.3, 0.4) is 0 Å². The predicted molar refractivity (Wildman–Crippen MR) is 98.1 cm³/mol. The van der Waals surface area contributed by atoms with Crippen molar-refractivity contribution in [1.82, 2.24) is 10.6 Å². The van der Waals surface area contributed by atoms with E-state index in [4.69, 9.17) is 0 Å². The monoisotopic (exact) mass is 370 g/mol. The van der Waals surface area contributed by atoms with E-state index in [9.17, 15) is 19.2 Å². The van der Waals surface area contributed by atoms with Crippen molar-refractivity contribution in [3.63, 3.8) is 0 Å². The molecule has 0 radical (unpaired) electrons. The van der Waals surface area contributed by atoms with Crippen LogP contribution in [0.15, 0.2) is 24.3 Å². The number of carbonyl (C=O) groups is 4. The summed E-state index contributed by atoms with van der Waals surface area (Å²) in [5.41, 5.74) is 0. The third kappa shape index (κ3) is 19.4. The van der Waals surface area contributed by atoms with Gasteiger partial charge in [0.2, 0.25) is 11.8 Å². The Hall–Kier alpha value is -2.64. The lowest BCUT2D eigenvalue weighted by molar-refractivity contribution is -0.135. The number of unbranched alkanes of at least 4 members (excludes halogenated alkanes) is 2. The van der Waals surface area contributed by atoms with Gasteiger partial charge in [-0.3, -0.25) is 9.59 Å². The Morgan fingerprint density at radius 2 is 1.04 bits per heavy atom. The van der Waals surface area contributed by atoms with E-state index in [2.05, 4.69) is 20.1 Å². The number of hydrogen-bond acceptors (Lipinski definition) is 6. The van der Waals surface area contributed by atoms with Gasteiger partial charge in [0.05, 0.1) is 14.2 Å². The SMILES string of the molecule is CCCCNC(=O)/C=C/C(=O)OC.CCCCNC(=O)/C=C\C(=O)OC. The zero-order valence-corrected chi connectivity index (χ0v) is 16.0. The van der Waals surface area contributed by atoms with Gasteiger partial charge in [0.15, 0.2) is 0 Å². The van der Waals surface area contributed by atoms with Gasteiger partial charge in [-0.15, -0.1) is 0 Å². The molecule has 0 aliphatic rings. The van der Waals surface area contributed by atoms with Crippen molar-refractivity contribution >= 4 is 23.8 Å². The number of rotatable bonds is 10. The van der Waals surface area contributed by atoms with E-state index in [0.717, 1.165) is 37.8 Å². The summed E-state index contributed by atoms with van der Waals surface area (Å²) >= 11 is 0. The molecule has 26 heavy (non-hydrogen) atoms. The highest BCUT2D eigenvalue weighted by molar-refractivity contribution is 5.95. The zero-order valence-electron chi connectivity index (χ0n) is 16.0. The average Bonchev–Trinajstić information content (AvgIpc) is 2.65. The van der Waals surface area contributed by atoms with Crippen molar-refractivity contribution < 1.29 is 28.7 Å². The van der Waals surface area contributed by atoms with E-state index in [1.807, 2.05) is 13.8 Å². The van der Waals surface area contributed by atoms with Crippen LogP contribution < -0.4 is 10.6 Å². The molecule has 0 aromatic rings. The molecule has 0 aliphatic heterocycles. The summed E-state index contributed by atoms with van der Waals surface area (Å²) in [5, 5.41) is 5.26. The summed E-state index contributed by atoms with van der Waals surface area (Å²) in [6.07, 6.45) is 8.48. The molecule has 0 unspecified atom stereocenters. The summed E-state index contributed by atoms with van der Waals surface area (Å²) in [4.78, 5) is 43.0. The van der Waals surface area contributed by atoms with Gasteiger partial charge in [-0.1, -0.05) is 26.7 Å². The third-order valence-electron chi connectivity index (χ3n) is 2.80. The highest BCUT2D eigenvalue weighted by Crippen LogP contribution is 1.84. The van der Waals surface area contributed by atoms with Crippen molar-refractivity contribution in [3.05, 3.63) is 24.3 Å². The number of nitrogens with one attached hydrogen (secondary N) is 2. The second-order valence-corrected chi connectivity index (χ2v) is 5.00. The number of amides is 2. The summed E-state index contributed by atoms with van der Waals surface area (Å²) in [7, 11) is 2.53. The molecule has 0 bridgehead atoms. The average molecular weight is 370 g/mol. The fraction of sp³-hybridized carbons (Fsp3) is 0.556. The second kappa shape index (κ2) is 18.7. The number of carbonyl (C=O) groups excluding carboxylic acids is 4. The maximum Gasteiger partial charge on any atom is 0.330 e. The molecule has 0 rings (SSSR count). The lowest BCUT2D eigenvalue weighted by Crippen LogP contribution is -2.22. The smallest absolute Gasteiger partial charge is 0.330 e. The number of methoxy groups -OCH3 is 2. The minimum atomic E-state index is -0.523. The molecule has 0 spiro atoms. The van der Waals surface area contributed by atoms with Crippen LogP contribution in [0, 0.1) is 0 Å². The Balaban J connectivity index is 0. The first-order chi connectivity index (χ1) is 12.4. The molecule has 0 saturated heterocycles. The molecule has 8 heteroatoms. The van der Waals surface area contributed by atoms with Crippen LogP contribution in [0.1, 0.15) is 39.5 Å². The van der Waals surface area contributed by atoms with Crippen LogP contribution in [0.25, 0.3) is 0 Å². The Morgan fingerprint density at radius 1 is 0.692 bits per heavy atom. The standard InChI is InChI=1S/2C9H15NO3/c2*1-3-4-7-10-8(11)5-6-9(12)13-2/h2*5-6H,3-4,7H2,1-2H3,(H,10,11)/b6-5+;6-5-. The zero-order chi connectivity index (χ0) is 20.2. The molecule has 2 amide bonds. The maximum atomic E-state index is 10.9. The maximum absolute atomic E-state index is 10.9. The van der Waals surface area contributed by atoms with E-state index >= 15 is 0 Å². The predicted octanol–water partition coefficient (Wildman–Crippen LogP) is 1.26. The fourth-order valence-corrected chi connectivity index (χ4v) is 1.32. The van der Waals surface area contributed by atoms with Gasteiger partial charge in [0.25, 0.3) is 0 Å². The second-order valence-electron chi connectivity index (χ2n) is 5.00. The first-order valence-corrected chi connectivity index (χ1v) is 8.48. The fourth-order valence-electron chi connectivity index (χ4n) is 1.32.